The molecule has 18 heavy (non-hydrogen) atoms. The Morgan fingerprint density at radius 3 is 3.11 bits per heavy atom. The van der Waals surface area contributed by atoms with Crippen molar-refractivity contribution in [3.05, 3.63) is 35.5 Å². The summed E-state index contributed by atoms with van der Waals surface area (Å²) >= 11 is 6.11. The van der Waals surface area contributed by atoms with E-state index in [-0.39, 0.29) is 0 Å². The zero-order valence-electron chi connectivity index (χ0n) is 10.5. The molecule has 1 aliphatic carbocycles. The molecule has 1 aromatic heterocycles. The second-order valence-electron chi connectivity index (χ2n) is 4.55. The molecular weight excluding hydrogens is 248 g/mol. The van der Waals surface area contributed by atoms with Gasteiger partial charge in [-0.05, 0) is 31.2 Å². The Hall–Kier alpha value is -1.06. The third-order valence-electron chi connectivity index (χ3n) is 2.87. The Morgan fingerprint density at radius 2 is 2.39 bits per heavy atom. The van der Waals surface area contributed by atoms with E-state index in [1.54, 1.807) is 6.20 Å². The summed E-state index contributed by atoms with van der Waals surface area (Å²) in [5.74, 6) is 0.649. The summed E-state index contributed by atoms with van der Waals surface area (Å²) in [6.45, 7) is 5.13. The number of unbranched alkanes of at least 4 members (excludes halogenated alkanes) is 1. The van der Waals surface area contributed by atoms with E-state index in [0.29, 0.717) is 23.6 Å². The Kier molecular flexibility index (Phi) is 5.02. The Morgan fingerprint density at radius 1 is 1.56 bits per heavy atom. The molecule has 4 heteroatoms. The molecule has 0 atom stereocenters. The molecule has 98 valence electrons. The van der Waals surface area contributed by atoms with E-state index >= 15 is 0 Å². The quantitative estimate of drug-likeness (QED) is 0.579. The van der Waals surface area contributed by atoms with Crippen LogP contribution < -0.4 is 10.1 Å². The number of pyridine rings is 1. The van der Waals surface area contributed by atoms with Crippen LogP contribution in [0.4, 0.5) is 0 Å². The molecule has 1 saturated carbocycles. The Balaban J connectivity index is 1.85. The van der Waals surface area contributed by atoms with Crippen molar-refractivity contribution in [1.82, 2.24) is 10.3 Å². The van der Waals surface area contributed by atoms with Crippen LogP contribution in [0.3, 0.4) is 0 Å². The molecule has 0 radical (unpaired) electrons. The maximum Gasteiger partial charge on any atom is 0.213 e. The predicted octanol–water partition coefficient (Wildman–Crippen LogP) is 3.33. The first-order valence-electron chi connectivity index (χ1n) is 6.41. The highest BCUT2D eigenvalue weighted by Crippen LogP contribution is 2.23. The second kappa shape index (κ2) is 6.76. The number of hydrogen-bond acceptors (Lipinski definition) is 3. The first-order chi connectivity index (χ1) is 8.79. The Bertz CT molecular complexity index is 405. The van der Waals surface area contributed by atoms with E-state index in [0.717, 1.165) is 24.9 Å². The van der Waals surface area contributed by atoms with Crippen molar-refractivity contribution < 1.29 is 4.74 Å². The predicted molar refractivity (Wildman–Crippen MR) is 74.0 cm³/mol. The average Bonchev–Trinajstić information content (AvgIpc) is 3.19. The molecule has 0 amide bonds. The van der Waals surface area contributed by atoms with E-state index in [1.807, 2.05) is 12.1 Å². The van der Waals surface area contributed by atoms with Crippen LogP contribution >= 0.6 is 11.6 Å². The van der Waals surface area contributed by atoms with Gasteiger partial charge in [0, 0.05) is 24.8 Å². The highest BCUT2D eigenvalue weighted by molar-refractivity contribution is 6.31. The van der Waals surface area contributed by atoms with Crippen LogP contribution in [-0.2, 0) is 6.54 Å². The van der Waals surface area contributed by atoms with Crippen molar-refractivity contribution in [2.75, 3.05) is 6.61 Å². The molecule has 2 rings (SSSR count). The van der Waals surface area contributed by atoms with Gasteiger partial charge >= 0.3 is 0 Å². The second-order valence-corrected chi connectivity index (χ2v) is 4.96. The van der Waals surface area contributed by atoms with Gasteiger partial charge in [-0.1, -0.05) is 17.7 Å². The van der Waals surface area contributed by atoms with Gasteiger partial charge in [-0.15, -0.1) is 6.58 Å². The van der Waals surface area contributed by atoms with Crippen LogP contribution in [0.15, 0.2) is 24.9 Å². The van der Waals surface area contributed by atoms with Crippen molar-refractivity contribution in [3.8, 4) is 5.88 Å². The smallest absolute Gasteiger partial charge is 0.213 e. The third-order valence-corrected chi connectivity index (χ3v) is 3.21. The number of nitrogens with one attached hydrogen (secondary N) is 1. The van der Waals surface area contributed by atoms with Gasteiger partial charge in [-0.3, -0.25) is 0 Å². The van der Waals surface area contributed by atoms with Crippen molar-refractivity contribution in [3.63, 3.8) is 0 Å². The molecule has 0 aromatic carbocycles. The van der Waals surface area contributed by atoms with E-state index in [9.17, 15) is 0 Å². The molecule has 0 aliphatic heterocycles. The molecule has 0 bridgehead atoms. The van der Waals surface area contributed by atoms with Crippen LogP contribution in [0, 0.1) is 0 Å². The minimum absolute atomic E-state index is 0.649. The van der Waals surface area contributed by atoms with Crippen molar-refractivity contribution >= 4 is 11.6 Å². The number of hydrogen-bond donors (Lipinski definition) is 1. The molecule has 0 saturated heterocycles. The fourth-order valence-electron chi connectivity index (χ4n) is 1.62. The first-order valence-corrected chi connectivity index (χ1v) is 6.79. The van der Waals surface area contributed by atoms with E-state index in [2.05, 4.69) is 16.9 Å². The number of aromatic nitrogens is 1. The average molecular weight is 267 g/mol. The minimum Gasteiger partial charge on any atom is -0.478 e. The molecule has 1 heterocycles. The fraction of sp³-hybridized carbons (Fsp3) is 0.500. The van der Waals surface area contributed by atoms with Crippen molar-refractivity contribution in [2.45, 2.75) is 38.3 Å². The monoisotopic (exact) mass is 266 g/mol. The molecule has 1 aromatic rings. The van der Waals surface area contributed by atoms with E-state index < -0.39 is 0 Å². The van der Waals surface area contributed by atoms with E-state index in [4.69, 9.17) is 16.3 Å². The standard InChI is InChI=1S/C14H19ClN2O/c1-2-3-4-7-18-14-8-11(13(15)10-17-14)9-16-12-5-6-12/h2,8,10,12,16H,1,3-7,9H2. The lowest BCUT2D eigenvalue weighted by atomic mass is 10.2. The molecule has 0 unspecified atom stereocenters. The lowest BCUT2D eigenvalue weighted by Gasteiger charge is -2.09. The molecular formula is C14H19ClN2O. The summed E-state index contributed by atoms with van der Waals surface area (Å²) < 4.78 is 5.58. The highest BCUT2D eigenvalue weighted by atomic mass is 35.5. The van der Waals surface area contributed by atoms with Gasteiger partial charge in [0.2, 0.25) is 5.88 Å². The Labute approximate surface area is 113 Å². The van der Waals surface area contributed by atoms with Gasteiger partial charge < -0.3 is 10.1 Å². The highest BCUT2D eigenvalue weighted by Gasteiger charge is 2.20. The molecule has 1 aliphatic rings. The van der Waals surface area contributed by atoms with Gasteiger partial charge in [0.1, 0.15) is 0 Å². The zero-order chi connectivity index (χ0) is 12.8. The van der Waals surface area contributed by atoms with Crippen molar-refractivity contribution in [1.29, 1.82) is 0 Å². The summed E-state index contributed by atoms with van der Waals surface area (Å²) in [6, 6.07) is 2.59. The van der Waals surface area contributed by atoms with Gasteiger partial charge in [0.05, 0.1) is 11.6 Å². The molecule has 1 fully saturated rings. The maximum atomic E-state index is 6.11. The van der Waals surface area contributed by atoms with Gasteiger partial charge in [0.25, 0.3) is 0 Å². The molecule has 0 spiro atoms. The fourth-order valence-corrected chi connectivity index (χ4v) is 1.79. The first kappa shape index (κ1) is 13.4. The van der Waals surface area contributed by atoms with Crippen LogP contribution in [0.5, 0.6) is 5.88 Å². The normalized spacial score (nSPS) is 14.5. The molecule has 1 N–H and O–H groups in total. The minimum atomic E-state index is 0.649. The topological polar surface area (TPSA) is 34.1 Å². The molecule has 3 nitrogen and oxygen atoms in total. The maximum absolute atomic E-state index is 6.11. The zero-order valence-corrected chi connectivity index (χ0v) is 11.2. The summed E-state index contributed by atoms with van der Waals surface area (Å²) in [5.41, 5.74) is 1.05. The van der Waals surface area contributed by atoms with Crippen LogP contribution in [0.2, 0.25) is 5.02 Å². The summed E-state index contributed by atoms with van der Waals surface area (Å²) in [6.07, 6.45) is 8.02. The lowest BCUT2D eigenvalue weighted by molar-refractivity contribution is 0.300. The van der Waals surface area contributed by atoms with Gasteiger partial charge in [-0.2, -0.15) is 0 Å². The third kappa shape index (κ3) is 4.31. The van der Waals surface area contributed by atoms with Crippen LogP contribution in [0.25, 0.3) is 0 Å². The summed E-state index contributed by atoms with van der Waals surface area (Å²) in [5, 5.41) is 4.13. The van der Waals surface area contributed by atoms with Crippen molar-refractivity contribution in [2.24, 2.45) is 0 Å². The van der Waals surface area contributed by atoms with Crippen LogP contribution in [-0.4, -0.2) is 17.6 Å². The number of halogens is 1. The number of allylic oxidation sites excluding steroid dienone is 1. The number of rotatable bonds is 8. The largest absolute Gasteiger partial charge is 0.478 e. The summed E-state index contributed by atoms with van der Waals surface area (Å²) in [4.78, 5) is 4.17. The number of ether oxygens (including phenoxy) is 1. The van der Waals surface area contributed by atoms with Gasteiger partial charge in [0.15, 0.2) is 0 Å². The number of nitrogens with zero attached hydrogens (tertiary/aromatic N) is 1. The summed E-state index contributed by atoms with van der Waals surface area (Å²) in [7, 11) is 0. The SMILES string of the molecule is C=CCCCOc1cc(CNC2CC2)c(Cl)cn1. The van der Waals surface area contributed by atoms with Crippen LogP contribution in [0.1, 0.15) is 31.2 Å². The van der Waals surface area contributed by atoms with Gasteiger partial charge in [-0.25, -0.2) is 4.98 Å². The van der Waals surface area contributed by atoms with E-state index in [1.165, 1.54) is 12.8 Å². The lowest BCUT2D eigenvalue weighted by Crippen LogP contribution is -2.15.